The topological polar surface area (TPSA) is 105 Å². The Hall–Kier alpha value is -3.52. The number of benzene rings is 1. The molecule has 40 heavy (non-hydrogen) atoms. The van der Waals surface area contributed by atoms with Gasteiger partial charge in [0.2, 0.25) is 21.8 Å². The summed E-state index contributed by atoms with van der Waals surface area (Å²) in [6.07, 6.45) is -1.10. The van der Waals surface area contributed by atoms with Gasteiger partial charge in [0.1, 0.15) is 18.0 Å². The van der Waals surface area contributed by atoms with Crippen molar-refractivity contribution in [1.29, 1.82) is 0 Å². The van der Waals surface area contributed by atoms with Crippen molar-refractivity contribution in [3.8, 4) is 11.1 Å². The summed E-state index contributed by atoms with van der Waals surface area (Å²) < 4.78 is 94.1. The average molecular weight is 582 g/mol. The van der Waals surface area contributed by atoms with Crippen LogP contribution in [0.4, 0.5) is 22.0 Å². The summed E-state index contributed by atoms with van der Waals surface area (Å²) in [4.78, 5) is 24.1. The van der Waals surface area contributed by atoms with Gasteiger partial charge in [-0.05, 0) is 67.1 Å². The molecule has 5 rings (SSSR count). The van der Waals surface area contributed by atoms with E-state index < -0.39 is 52.0 Å². The number of halogens is 5. The third-order valence-corrected chi connectivity index (χ3v) is 9.05. The first-order valence-electron chi connectivity index (χ1n) is 12.5. The second-order valence-electron chi connectivity index (χ2n) is 9.85. The monoisotopic (exact) mass is 581 g/mol. The van der Waals surface area contributed by atoms with Crippen molar-refractivity contribution in [3.05, 3.63) is 71.8 Å². The van der Waals surface area contributed by atoms with Gasteiger partial charge >= 0.3 is 6.18 Å². The zero-order chi connectivity index (χ0) is 28.8. The van der Waals surface area contributed by atoms with Crippen LogP contribution in [0.2, 0.25) is 0 Å². The molecule has 1 aliphatic heterocycles. The summed E-state index contributed by atoms with van der Waals surface area (Å²) in [5.74, 6) is -2.46. The zero-order valence-corrected chi connectivity index (χ0v) is 21.9. The van der Waals surface area contributed by atoms with E-state index in [2.05, 4.69) is 20.3 Å². The van der Waals surface area contributed by atoms with E-state index >= 15 is 0 Å². The molecule has 14 heteroatoms. The second-order valence-corrected chi connectivity index (χ2v) is 11.7. The normalized spacial score (nSPS) is 21.9. The first kappa shape index (κ1) is 28.0. The van der Waals surface area contributed by atoms with Crippen LogP contribution in [0.1, 0.15) is 49.2 Å². The van der Waals surface area contributed by atoms with Crippen LogP contribution in [0.3, 0.4) is 0 Å². The van der Waals surface area contributed by atoms with E-state index in [-0.39, 0.29) is 23.8 Å². The van der Waals surface area contributed by atoms with Crippen LogP contribution in [0, 0.1) is 5.82 Å². The first-order chi connectivity index (χ1) is 18.9. The van der Waals surface area contributed by atoms with Gasteiger partial charge in [0, 0.05) is 30.6 Å². The van der Waals surface area contributed by atoms with E-state index in [0.29, 0.717) is 16.8 Å². The molecule has 0 unspecified atom stereocenters. The van der Waals surface area contributed by atoms with Crippen LogP contribution in [0.15, 0.2) is 53.8 Å². The number of sulfonamides is 1. The first-order valence-corrected chi connectivity index (χ1v) is 13.9. The predicted molar refractivity (Wildman–Crippen MR) is 132 cm³/mol. The summed E-state index contributed by atoms with van der Waals surface area (Å²) >= 11 is 0. The van der Waals surface area contributed by atoms with Crippen molar-refractivity contribution >= 4 is 15.9 Å². The van der Waals surface area contributed by atoms with Crippen LogP contribution >= 0.6 is 0 Å². The Kier molecular flexibility index (Phi) is 7.33. The second kappa shape index (κ2) is 10.5. The zero-order valence-electron chi connectivity index (χ0n) is 21.1. The molecule has 2 fully saturated rings. The van der Waals surface area contributed by atoms with Crippen molar-refractivity contribution in [1.82, 2.24) is 24.6 Å². The third-order valence-electron chi connectivity index (χ3n) is 7.04. The van der Waals surface area contributed by atoms with Crippen molar-refractivity contribution in [2.75, 3.05) is 0 Å². The van der Waals surface area contributed by atoms with E-state index in [1.807, 2.05) is 0 Å². The van der Waals surface area contributed by atoms with Crippen LogP contribution in [0.25, 0.3) is 11.1 Å². The molecule has 0 bridgehead atoms. The molecule has 1 N–H and O–H groups in total. The summed E-state index contributed by atoms with van der Waals surface area (Å²) in [5, 5.41) is 2.60. The Morgan fingerprint density at radius 3 is 2.33 bits per heavy atom. The molecule has 1 aliphatic carbocycles. The smallest absolute Gasteiger partial charge is 0.349 e. The number of hydrogen-bond donors (Lipinski definition) is 1. The van der Waals surface area contributed by atoms with Gasteiger partial charge in [-0.25, -0.2) is 27.2 Å². The van der Waals surface area contributed by atoms with Gasteiger partial charge < -0.3 is 5.32 Å². The summed E-state index contributed by atoms with van der Waals surface area (Å²) in [7, 11) is -4.32. The Morgan fingerprint density at radius 2 is 1.73 bits per heavy atom. The number of nitrogens with zero attached hydrogens (tertiary/aromatic N) is 4. The molecule has 8 nitrogen and oxygen atoms in total. The number of nitrogens with one attached hydrogen (secondary N) is 1. The molecule has 3 atom stereocenters. The Balaban J connectivity index is 1.36. The van der Waals surface area contributed by atoms with E-state index in [0.717, 1.165) is 59.4 Å². The molecule has 0 radical (unpaired) electrons. The molecule has 0 spiro atoms. The maximum Gasteiger partial charge on any atom is 0.451 e. The predicted octanol–water partition coefficient (Wildman–Crippen LogP) is 4.38. The minimum absolute atomic E-state index is 0.148. The molecule has 1 saturated heterocycles. The molecule has 212 valence electrons. The number of pyridine rings is 1. The molecular weight excluding hydrogens is 557 g/mol. The summed E-state index contributed by atoms with van der Waals surface area (Å²) in [5.41, 5.74) is 2.10. The summed E-state index contributed by atoms with van der Waals surface area (Å²) in [6, 6.07) is 3.16. The Labute approximate surface area is 226 Å². The molecule has 3 heterocycles. The number of rotatable bonds is 7. The van der Waals surface area contributed by atoms with Crippen LogP contribution in [0.5, 0.6) is 0 Å². The van der Waals surface area contributed by atoms with Gasteiger partial charge in [-0.3, -0.25) is 9.78 Å². The van der Waals surface area contributed by atoms with Crippen LogP contribution in [-0.4, -0.2) is 51.8 Å². The number of hydrogen-bond acceptors (Lipinski definition) is 6. The maximum absolute atomic E-state index is 14.7. The molecule has 3 aromatic rings. The van der Waals surface area contributed by atoms with Crippen molar-refractivity contribution in [2.45, 2.75) is 68.0 Å². The van der Waals surface area contributed by atoms with E-state index in [9.17, 15) is 35.2 Å². The molecule has 1 saturated carbocycles. The average Bonchev–Trinajstić information content (AvgIpc) is 3.71. The summed E-state index contributed by atoms with van der Waals surface area (Å²) in [6.45, 7) is 1.21. The quantitative estimate of drug-likeness (QED) is 0.416. The highest BCUT2D eigenvalue weighted by Crippen LogP contribution is 2.44. The van der Waals surface area contributed by atoms with Crippen molar-refractivity contribution in [3.63, 3.8) is 0 Å². The lowest BCUT2D eigenvalue weighted by molar-refractivity contribution is -0.145. The third kappa shape index (κ3) is 5.55. The maximum atomic E-state index is 14.7. The lowest BCUT2D eigenvalue weighted by Crippen LogP contribution is -2.48. The van der Waals surface area contributed by atoms with E-state index in [1.54, 1.807) is 12.3 Å². The Bertz CT molecular complexity index is 1510. The highest BCUT2D eigenvalue weighted by molar-refractivity contribution is 7.89. The van der Waals surface area contributed by atoms with E-state index in [4.69, 9.17) is 0 Å². The van der Waals surface area contributed by atoms with Gasteiger partial charge in [0.25, 0.3) is 0 Å². The van der Waals surface area contributed by atoms with Gasteiger partial charge in [-0.15, -0.1) is 0 Å². The highest BCUT2D eigenvalue weighted by atomic mass is 32.2. The lowest BCUT2D eigenvalue weighted by Gasteiger charge is -2.26. The van der Waals surface area contributed by atoms with Gasteiger partial charge in [-0.2, -0.15) is 17.5 Å². The molecule has 2 aromatic heterocycles. The fourth-order valence-electron chi connectivity index (χ4n) is 4.78. The number of amides is 1. The fourth-order valence-corrected chi connectivity index (χ4v) is 6.59. The molecule has 1 amide bonds. The minimum Gasteiger partial charge on any atom is -0.349 e. The minimum atomic E-state index is -4.68. The molecule has 2 aliphatic rings. The van der Waals surface area contributed by atoms with Gasteiger partial charge in [0.15, 0.2) is 0 Å². The molecular formula is C26H24F5N5O3S. The number of carbonyl (C=O) groups is 1. The number of alkyl halides is 4. The van der Waals surface area contributed by atoms with Gasteiger partial charge in [0.05, 0.1) is 23.2 Å². The van der Waals surface area contributed by atoms with Gasteiger partial charge in [-0.1, -0.05) is 0 Å². The van der Waals surface area contributed by atoms with Crippen LogP contribution in [-0.2, 0) is 27.5 Å². The lowest BCUT2D eigenvalue weighted by atomic mass is 10.00. The van der Waals surface area contributed by atoms with Crippen molar-refractivity contribution < 1.29 is 35.2 Å². The SMILES string of the molecule is C[C@H]1[C@H](F)C[C@@H](C(=O)NCc2cc(-c3cnc(C(F)(F)F)nc3)c(C3CC3)cn2)N1S(=O)(=O)c1ccc(F)cc1. The molecule has 1 aromatic carbocycles. The fraction of sp³-hybridized carbons (Fsp3) is 0.385. The van der Waals surface area contributed by atoms with Crippen molar-refractivity contribution in [2.24, 2.45) is 0 Å². The largest absolute Gasteiger partial charge is 0.451 e. The van der Waals surface area contributed by atoms with E-state index in [1.165, 1.54) is 6.92 Å². The van der Waals surface area contributed by atoms with Crippen LogP contribution < -0.4 is 5.32 Å². The number of carbonyl (C=O) groups excluding carboxylic acids is 1. The number of aromatic nitrogens is 3. The Morgan fingerprint density at radius 1 is 1.07 bits per heavy atom. The highest BCUT2D eigenvalue weighted by Gasteiger charge is 2.49. The standard InChI is InChI=1S/C26H24F5N5O3S/c1-14-22(28)9-23(36(14)40(38,39)19-6-4-17(27)5-7-19)24(37)33-12-18-8-20(21(13-32-18)15-2-3-15)16-10-34-25(35-11-16)26(29,30)31/h4-8,10-11,13-15,22-23H,2-3,9,12H2,1H3,(H,33,37)/t14-,22+,23-/m0/s1.